The van der Waals surface area contributed by atoms with Crippen LogP contribution in [0.2, 0.25) is 0 Å². The maximum Gasteiger partial charge on any atom is 0.220 e. The summed E-state index contributed by atoms with van der Waals surface area (Å²) in [6.07, 6.45) is 3.08. The number of piperidine rings is 1. The van der Waals surface area contributed by atoms with Gasteiger partial charge in [-0.05, 0) is 57.4 Å². The number of hydrogen-bond acceptors (Lipinski definition) is 3. The Hall–Kier alpha value is -0.810. The van der Waals surface area contributed by atoms with Crippen molar-refractivity contribution in [3.63, 3.8) is 0 Å². The van der Waals surface area contributed by atoms with Gasteiger partial charge in [-0.3, -0.25) is 4.79 Å². The number of carbonyl (C=O) groups is 1. The molecule has 4 nitrogen and oxygen atoms in total. The fourth-order valence-electron chi connectivity index (χ4n) is 3.36. The lowest BCUT2D eigenvalue weighted by Gasteiger charge is -2.29. The average molecular weight is 390 g/mol. The van der Waals surface area contributed by atoms with E-state index in [0.29, 0.717) is 18.3 Å². The van der Waals surface area contributed by atoms with E-state index < -0.39 is 0 Å². The van der Waals surface area contributed by atoms with Crippen molar-refractivity contribution in [3.8, 4) is 0 Å². The van der Waals surface area contributed by atoms with Crippen LogP contribution in [0, 0.1) is 11.8 Å². The SMILES string of the molecule is CC(CC(=O)NC(CN(C)C)c1ccccc1)C1CCCNC1.Cl.Cl. The Morgan fingerprint density at radius 1 is 1.28 bits per heavy atom. The van der Waals surface area contributed by atoms with Crippen LogP contribution in [0.15, 0.2) is 30.3 Å². The normalized spacial score (nSPS) is 19.3. The lowest BCUT2D eigenvalue weighted by atomic mass is 9.85. The summed E-state index contributed by atoms with van der Waals surface area (Å²) in [6, 6.07) is 10.3. The summed E-state index contributed by atoms with van der Waals surface area (Å²) in [4.78, 5) is 14.6. The molecule has 1 aliphatic heterocycles. The van der Waals surface area contributed by atoms with E-state index in [0.717, 1.165) is 19.6 Å². The Bertz CT molecular complexity index is 479. The first-order valence-corrected chi connectivity index (χ1v) is 8.76. The van der Waals surface area contributed by atoms with Gasteiger partial charge in [-0.15, -0.1) is 24.8 Å². The van der Waals surface area contributed by atoms with Gasteiger partial charge in [0.1, 0.15) is 0 Å². The number of halogens is 2. The molecule has 25 heavy (non-hydrogen) atoms. The van der Waals surface area contributed by atoms with E-state index in [2.05, 4.69) is 34.6 Å². The van der Waals surface area contributed by atoms with Gasteiger partial charge in [0.25, 0.3) is 0 Å². The van der Waals surface area contributed by atoms with Gasteiger partial charge in [0.2, 0.25) is 5.91 Å². The highest BCUT2D eigenvalue weighted by Crippen LogP contribution is 2.23. The van der Waals surface area contributed by atoms with Crippen LogP contribution in [0.5, 0.6) is 0 Å². The van der Waals surface area contributed by atoms with Crippen molar-refractivity contribution in [3.05, 3.63) is 35.9 Å². The minimum Gasteiger partial charge on any atom is -0.348 e. The van der Waals surface area contributed by atoms with E-state index in [9.17, 15) is 4.79 Å². The summed E-state index contributed by atoms with van der Waals surface area (Å²) in [7, 11) is 4.08. The Balaban J connectivity index is 0.00000288. The number of nitrogens with one attached hydrogen (secondary N) is 2. The highest BCUT2D eigenvalue weighted by Gasteiger charge is 2.23. The highest BCUT2D eigenvalue weighted by molar-refractivity contribution is 5.85. The molecule has 0 radical (unpaired) electrons. The van der Waals surface area contributed by atoms with Gasteiger partial charge in [0, 0.05) is 13.0 Å². The molecular weight excluding hydrogens is 357 g/mol. The van der Waals surface area contributed by atoms with Crippen LogP contribution >= 0.6 is 24.8 Å². The number of nitrogens with zero attached hydrogens (tertiary/aromatic N) is 1. The number of carbonyl (C=O) groups excluding carboxylic acids is 1. The fourth-order valence-corrected chi connectivity index (χ4v) is 3.36. The standard InChI is InChI=1S/C19H31N3O.2ClH/c1-15(17-10-7-11-20-13-17)12-19(23)21-18(14-22(2)3)16-8-5-4-6-9-16;;/h4-6,8-9,15,17-18,20H,7,10-14H2,1-3H3,(H,21,23);2*1H. The summed E-state index contributed by atoms with van der Waals surface area (Å²) >= 11 is 0. The zero-order valence-corrected chi connectivity index (χ0v) is 17.2. The summed E-state index contributed by atoms with van der Waals surface area (Å²) < 4.78 is 0. The summed E-state index contributed by atoms with van der Waals surface area (Å²) in [5, 5.41) is 6.68. The van der Waals surface area contributed by atoms with Crippen LogP contribution in [-0.4, -0.2) is 44.5 Å². The largest absolute Gasteiger partial charge is 0.348 e. The molecule has 0 spiro atoms. The first-order valence-electron chi connectivity index (χ1n) is 8.76. The lowest BCUT2D eigenvalue weighted by Crippen LogP contribution is -2.38. The van der Waals surface area contributed by atoms with Crippen molar-refractivity contribution in [1.29, 1.82) is 0 Å². The maximum absolute atomic E-state index is 12.5. The second kappa shape index (κ2) is 12.5. The Kier molecular flexibility index (Phi) is 12.1. The maximum atomic E-state index is 12.5. The predicted octanol–water partition coefficient (Wildman–Crippen LogP) is 3.27. The second-order valence-electron chi connectivity index (χ2n) is 7.08. The van der Waals surface area contributed by atoms with Crippen LogP contribution in [0.25, 0.3) is 0 Å². The first-order chi connectivity index (χ1) is 11.1. The molecule has 2 rings (SSSR count). The summed E-state index contributed by atoms with van der Waals surface area (Å²) in [6.45, 7) is 5.19. The topological polar surface area (TPSA) is 44.4 Å². The third-order valence-electron chi connectivity index (χ3n) is 4.73. The molecule has 0 aliphatic carbocycles. The molecule has 1 amide bonds. The first kappa shape index (κ1) is 24.2. The molecule has 1 aromatic rings. The number of hydrogen-bond donors (Lipinski definition) is 2. The van der Waals surface area contributed by atoms with Crippen molar-refractivity contribution >= 4 is 30.7 Å². The molecule has 3 unspecified atom stereocenters. The molecule has 0 bridgehead atoms. The van der Waals surface area contributed by atoms with E-state index in [-0.39, 0.29) is 36.8 Å². The quantitative estimate of drug-likeness (QED) is 0.751. The van der Waals surface area contributed by atoms with Crippen molar-refractivity contribution in [2.45, 2.75) is 32.2 Å². The third-order valence-corrected chi connectivity index (χ3v) is 4.73. The minimum absolute atomic E-state index is 0. The van der Waals surface area contributed by atoms with Gasteiger partial charge in [0.05, 0.1) is 6.04 Å². The number of amides is 1. The molecule has 0 saturated carbocycles. The summed E-state index contributed by atoms with van der Waals surface area (Å²) in [5.74, 6) is 1.22. The van der Waals surface area contributed by atoms with Gasteiger partial charge in [-0.1, -0.05) is 37.3 Å². The Morgan fingerprint density at radius 3 is 2.52 bits per heavy atom. The van der Waals surface area contributed by atoms with E-state index in [1.807, 2.05) is 32.3 Å². The second-order valence-corrected chi connectivity index (χ2v) is 7.08. The molecular formula is C19H33Cl2N3O. The number of likely N-dealkylation sites (N-methyl/N-ethyl adjacent to an activating group) is 1. The molecule has 1 heterocycles. The van der Waals surface area contributed by atoms with Crippen LogP contribution in [0.1, 0.15) is 37.8 Å². The van der Waals surface area contributed by atoms with Crippen LogP contribution < -0.4 is 10.6 Å². The molecule has 1 fully saturated rings. The molecule has 2 N–H and O–H groups in total. The minimum atomic E-state index is 0. The highest BCUT2D eigenvalue weighted by atomic mass is 35.5. The van der Waals surface area contributed by atoms with Gasteiger partial charge in [-0.25, -0.2) is 0 Å². The van der Waals surface area contributed by atoms with Crippen LogP contribution in [0.3, 0.4) is 0 Å². The lowest BCUT2D eigenvalue weighted by molar-refractivity contribution is -0.123. The zero-order valence-electron chi connectivity index (χ0n) is 15.5. The predicted molar refractivity (Wildman–Crippen MR) is 110 cm³/mol. The summed E-state index contributed by atoms with van der Waals surface area (Å²) in [5.41, 5.74) is 1.17. The van der Waals surface area contributed by atoms with E-state index in [1.54, 1.807) is 0 Å². The molecule has 0 aromatic heterocycles. The van der Waals surface area contributed by atoms with E-state index in [4.69, 9.17) is 0 Å². The molecule has 144 valence electrons. The molecule has 3 atom stereocenters. The van der Waals surface area contributed by atoms with Crippen molar-refractivity contribution in [2.24, 2.45) is 11.8 Å². The smallest absolute Gasteiger partial charge is 0.220 e. The van der Waals surface area contributed by atoms with E-state index in [1.165, 1.54) is 18.4 Å². The van der Waals surface area contributed by atoms with E-state index >= 15 is 0 Å². The average Bonchev–Trinajstić information content (AvgIpc) is 2.55. The van der Waals surface area contributed by atoms with Crippen molar-refractivity contribution < 1.29 is 4.79 Å². The number of benzene rings is 1. The Morgan fingerprint density at radius 2 is 1.96 bits per heavy atom. The molecule has 1 aromatic carbocycles. The van der Waals surface area contributed by atoms with Crippen molar-refractivity contribution in [1.82, 2.24) is 15.5 Å². The Labute approximate surface area is 164 Å². The molecule has 1 aliphatic rings. The number of rotatable bonds is 7. The molecule has 1 saturated heterocycles. The fraction of sp³-hybridized carbons (Fsp3) is 0.632. The van der Waals surface area contributed by atoms with Gasteiger partial charge in [-0.2, -0.15) is 0 Å². The van der Waals surface area contributed by atoms with Gasteiger partial charge in [0.15, 0.2) is 0 Å². The molecule has 6 heteroatoms. The van der Waals surface area contributed by atoms with Crippen molar-refractivity contribution in [2.75, 3.05) is 33.7 Å². The monoisotopic (exact) mass is 389 g/mol. The zero-order chi connectivity index (χ0) is 16.7. The van der Waals surface area contributed by atoms with Crippen LogP contribution in [-0.2, 0) is 4.79 Å². The van der Waals surface area contributed by atoms with Gasteiger partial charge < -0.3 is 15.5 Å². The van der Waals surface area contributed by atoms with Gasteiger partial charge >= 0.3 is 0 Å². The third kappa shape index (κ3) is 8.41. The van der Waals surface area contributed by atoms with Crippen LogP contribution in [0.4, 0.5) is 0 Å².